The molecular weight excluding hydrogens is 326 g/mol. The van der Waals surface area contributed by atoms with Crippen molar-refractivity contribution in [1.82, 2.24) is 14.8 Å². The van der Waals surface area contributed by atoms with E-state index in [1.165, 1.54) is 24.0 Å². The van der Waals surface area contributed by atoms with Gasteiger partial charge in [-0.05, 0) is 56.2 Å². The zero-order chi connectivity index (χ0) is 18.8. The highest BCUT2D eigenvalue weighted by Gasteiger charge is 2.15. The molecule has 0 saturated heterocycles. The lowest BCUT2D eigenvalue weighted by Crippen LogP contribution is -2.36. The van der Waals surface area contributed by atoms with Crippen LogP contribution < -0.4 is 0 Å². The molecule has 0 N–H and O–H groups in total. The molecule has 0 saturated carbocycles. The summed E-state index contributed by atoms with van der Waals surface area (Å²) < 4.78 is 0. The molecule has 0 atom stereocenters. The first kappa shape index (κ1) is 20.1. The number of aromatic nitrogens is 1. The standard InChI is InChI=1S/C21H31N3O2/c1-18(25)24(16-11-19-6-4-3-5-7-19)17-12-21(26)23(2)15-10-20-8-13-22-14-9-20/h6,8-9,13-14H,3-5,7,10-12,15-17H2,1-2H3. The Morgan fingerprint density at radius 3 is 2.50 bits per heavy atom. The zero-order valence-corrected chi connectivity index (χ0v) is 16.1. The molecule has 1 heterocycles. The number of nitrogens with zero attached hydrogens (tertiary/aromatic N) is 3. The summed E-state index contributed by atoms with van der Waals surface area (Å²) in [4.78, 5) is 31.8. The number of hydrogen-bond donors (Lipinski definition) is 0. The van der Waals surface area contributed by atoms with Crippen molar-refractivity contribution >= 4 is 11.8 Å². The average Bonchev–Trinajstić information content (AvgIpc) is 2.67. The molecule has 1 aliphatic carbocycles. The number of carbonyl (C=O) groups excluding carboxylic acids is 2. The topological polar surface area (TPSA) is 53.5 Å². The van der Waals surface area contributed by atoms with Crippen LogP contribution in [0.1, 0.15) is 51.0 Å². The van der Waals surface area contributed by atoms with Crippen molar-refractivity contribution in [2.24, 2.45) is 0 Å². The minimum atomic E-state index is 0.0497. The average molecular weight is 357 g/mol. The molecule has 2 rings (SSSR count). The van der Waals surface area contributed by atoms with Crippen LogP contribution in [-0.4, -0.2) is 53.3 Å². The molecule has 26 heavy (non-hydrogen) atoms. The summed E-state index contributed by atoms with van der Waals surface area (Å²) in [5.41, 5.74) is 2.63. The number of amides is 2. The third-order valence-electron chi connectivity index (χ3n) is 5.04. The number of hydrogen-bond acceptors (Lipinski definition) is 3. The maximum absolute atomic E-state index is 12.4. The Balaban J connectivity index is 1.73. The summed E-state index contributed by atoms with van der Waals surface area (Å²) in [5.74, 6) is 0.135. The molecular formula is C21H31N3O2. The highest BCUT2D eigenvalue weighted by Crippen LogP contribution is 2.20. The van der Waals surface area contributed by atoms with Gasteiger partial charge in [0.2, 0.25) is 11.8 Å². The van der Waals surface area contributed by atoms with Gasteiger partial charge in [0.1, 0.15) is 0 Å². The molecule has 5 nitrogen and oxygen atoms in total. The van der Waals surface area contributed by atoms with Crippen molar-refractivity contribution < 1.29 is 9.59 Å². The summed E-state index contributed by atoms with van der Waals surface area (Å²) in [5, 5.41) is 0. The van der Waals surface area contributed by atoms with Crippen LogP contribution in [0, 0.1) is 0 Å². The van der Waals surface area contributed by atoms with E-state index in [0.717, 1.165) is 32.2 Å². The highest BCUT2D eigenvalue weighted by atomic mass is 16.2. The van der Waals surface area contributed by atoms with E-state index in [0.29, 0.717) is 19.5 Å². The van der Waals surface area contributed by atoms with Crippen LogP contribution in [0.3, 0.4) is 0 Å². The van der Waals surface area contributed by atoms with Gasteiger partial charge in [-0.1, -0.05) is 11.6 Å². The molecule has 0 aliphatic heterocycles. The molecule has 0 spiro atoms. The Labute approximate surface area is 157 Å². The van der Waals surface area contributed by atoms with E-state index in [1.807, 2.05) is 24.1 Å². The predicted octanol–water partition coefficient (Wildman–Crippen LogP) is 3.21. The second kappa shape index (κ2) is 10.7. The number of allylic oxidation sites excluding steroid dienone is 1. The molecule has 0 radical (unpaired) electrons. The maximum Gasteiger partial charge on any atom is 0.224 e. The molecule has 0 fully saturated rings. The second-order valence-corrected chi connectivity index (χ2v) is 7.03. The fraction of sp³-hybridized carbons (Fsp3) is 0.571. The first-order valence-corrected chi connectivity index (χ1v) is 9.62. The van der Waals surface area contributed by atoms with Gasteiger partial charge in [0.25, 0.3) is 0 Å². The Bertz CT molecular complexity index is 613. The van der Waals surface area contributed by atoms with E-state index in [1.54, 1.807) is 24.2 Å². The Kier molecular flexibility index (Phi) is 8.32. The van der Waals surface area contributed by atoms with Gasteiger partial charge in [0.15, 0.2) is 0 Å². The summed E-state index contributed by atoms with van der Waals surface area (Å²) in [6.07, 6.45) is 12.8. The molecule has 0 unspecified atom stereocenters. The maximum atomic E-state index is 12.4. The van der Waals surface area contributed by atoms with Gasteiger partial charge in [-0.15, -0.1) is 0 Å². The Morgan fingerprint density at radius 1 is 1.08 bits per heavy atom. The lowest BCUT2D eigenvalue weighted by Gasteiger charge is -2.24. The van der Waals surface area contributed by atoms with Gasteiger partial charge >= 0.3 is 0 Å². The van der Waals surface area contributed by atoms with Crippen LogP contribution in [0.5, 0.6) is 0 Å². The van der Waals surface area contributed by atoms with E-state index < -0.39 is 0 Å². The van der Waals surface area contributed by atoms with Gasteiger partial charge in [0.05, 0.1) is 0 Å². The van der Waals surface area contributed by atoms with E-state index in [4.69, 9.17) is 0 Å². The van der Waals surface area contributed by atoms with Crippen LogP contribution in [0.15, 0.2) is 36.2 Å². The van der Waals surface area contributed by atoms with E-state index in [9.17, 15) is 9.59 Å². The van der Waals surface area contributed by atoms with Crippen molar-refractivity contribution in [3.8, 4) is 0 Å². The molecule has 142 valence electrons. The Morgan fingerprint density at radius 2 is 1.85 bits per heavy atom. The number of pyridine rings is 1. The fourth-order valence-electron chi connectivity index (χ4n) is 3.23. The van der Waals surface area contributed by atoms with E-state index >= 15 is 0 Å². The van der Waals surface area contributed by atoms with Gasteiger partial charge < -0.3 is 9.80 Å². The molecule has 1 aromatic rings. The molecule has 2 amide bonds. The van der Waals surface area contributed by atoms with Crippen LogP contribution in [0.4, 0.5) is 0 Å². The van der Waals surface area contributed by atoms with Crippen molar-refractivity contribution in [3.63, 3.8) is 0 Å². The molecule has 1 aromatic heterocycles. The number of likely N-dealkylation sites (N-methyl/N-ethyl adjacent to an activating group) is 1. The fourth-order valence-corrected chi connectivity index (χ4v) is 3.23. The SMILES string of the molecule is CC(=O)N(CCC(=O)N(C)CCc1ccncc1)CCC1=CCCCC1. The minimum absolute atomic E-state index is 0.0497. The molecule has 0 aromatic carbocycles. The first-order valence-electron chi connectivity index (χ1n) is 9.62. The summed E-state index contributed by atoms with van der Waals surface area (Å²) in [6, 6.07) is 3.94. The first-order chi connectivity index (χ1) is 12.6. The van der Waals surface area contributed by atoms with Gasteiger partial charge in [-0.25, -0.2) is 0 Å². The van der Waals surface area contributed by atoms with Crippen LogP contribution in [0.2, 0.25) is 0 Å². The zero-order valence-electron chi connectivity index (χ0n) is 16.1. The lowest BCUT2D eigenvalue weighted by atomic mass is 9.97. The largest absolute Gasteiger partial charge is 0.345 e. The lowest BCUT2D eigenvalue weighted by molar-refractivity contribution is -0.132. The predicted molar refractivity (Wildman–Crippen MR) is 104 cm³/mol. The third-order valence-corrected chi connectivity index (χ3v) is 5.04. The monoisotopic (exact) mass is 357 g/mol. The quantitative estimate of drug-likeness (QED) is 0.638. The highest BCUT2D eigenvalue weighted by molar-refractivity contribution is 5.78. The van der Waals surface area contributed by atoms with Gasteiger partial charge in [-0.3, -0.25) is 14.6 Å². The molecule has 1 aliphatic rings. The third kappa shape index (κ3) is 6.98. The van der Waals surface area contributed by atoms with Gasteiger partial charge in [-0.2, -0.15) is 0 Å². The van der Waals surface area contributed by atoms with Crippen molar-refractivity contribution in [3.05, 3.63) is 41.7 Å². The smallest absolute Gasteiger partial charge is 0.224 e. The molecule has 5 heteroatoms. The Hall–Kier alpha value is -2.17. The number of rotatable bonds is 9. The normalized spacial score (nSPS) is 13.8. The summed E-state index contributed by atoms with van der Waals surface area (Å²) in [6.45, 7) is 3.49. The van der Waals surface area contributed by atoms with Crippen molar-refractivity contribution in [2.75, 3.05) is 26.7 Å². The second-order valence-electron chi connectivity index (χ2n) is 7.03. The van der Waals surface area contributed by atoms with Gasteiger partial charge in [0, 0.05) is 52.4 Å². The van der Waals surface area contributed by atoms with Crippen LogP contribution >= 0.6 is 0 Å². The minimum Gasteiger partial charge on any atom is -0.345 e. The number of carbonyl (C=O) groups is 2. The van der Waals surface area contributed by atoms with Crippen LogP contribution in [0.25, 0.3) is 0 Å². The van der Waals surface area contributed by atoms with E-state index in [-0.39, 0.29) is 11.8 Å². The van der Waals surface area contributed by atoms with E-state index in [2.05, 4.69) is 11.1 Å². The summed E-state index contributed by atoms with van der Waals surface area (Å²) in [7, 11) is 1.83. The molecule has 0 bridgehead atoms. The summed E-state index contributed by atoms with van der Waals surface area (Å²) >= 11 is 0. The van der Waals surface area contributed by atoms with Crippen molar-refractivity contribution in [1.29, 1.82) is 0 Å². The van der Waals surface area contributed by atoms with Crippen LogP contribution in [-0.2, 0) is 16.0 Å². The van der Waals surface area contributed by atoms with Crippen molar-refractivity contribution in [2.45, 2.75) is 51.9 Å².